The molecule has 3 N–H and O–H groups in total. The highest BCUT2D eigenvalue weighted by Crippen LogP contribution is 2.45. The number of esters is 4. The average molecular weight is 1380 g/mol. The largest absolute Gasteiger partial charge is 0.472 e. The van der Waals surface area contributed by atoms with E-state index in [1.54, 1.807) is 0 Å². The Kier molecular flexibility index (Phi) is 63.1. The molecule has 0 fully saturated rings. The van der Waals surface area contributed by atoms with Crippen molar-refractivity contribution in [2.75, 3.05) is 39.6 Å². The molecular weight excluding hydrogens is 1230 g/mol. The van der Waals surface area contributed by atoms with E-state index in [2.05, 4.69) is 55.4 Å². The first-order valence-corrected chi connectivity index (χ1v) is 41.7. The topological polar surface area (TPSA) is 237 Å². The number of ether oxygens (including phenoxy) is 4. The van der Waals surface area contributed by atoms with Crippen LogP contribution in [-0.2, 0) is 65.4 Å². The van der Waals surface area contributed by atoms with E-state index < -0.39 is 97.5 Å². The number of unbranched alkanes of at least 4 members (excludes halogenated alkanes) is 37. The van der Waals surface area contributed by atoms with Crippen molar-refractivity contribution in [3.63, 3.8) is 0 Å². The Morgan fingerprint density at radius 3 is 0.755 bits per heavy atom. The summed E-state index contributed by atoms with van der Waals surface area (Å²) >= 11 is 0. The van der Waals surface area contributed by atoms with Crippen molar-refractivity contribution in [3.05, 3.63) is 0 Å². The molecule has 0 amide bonds. The molecule has 0 aliphatic rings. The van der Waals surface area contributed by atoms with Gasteiger partial charge in [0.05, 0.1) is 26.4 Å². The number of carbonyl (C=O) groups excluding carboxylic acids is 4. The second-order valence-corrected chi connectivity index (χ2v) is 31.6. The van der Waals surface area contributed by atoms with E-state index in [1.807, 2.05) is 0 Å². The van der Waals surface area contributed by atoms with Crippen LogP contribution in [0.4, 0.5) is 0 Å². The van der Waals surface area contributed by atoms with Crippen LogP contribution in [0.2, 0.25) is 0 Å². The third-order valence-electron chi connectivity index (χ3n) is 17.7. The number of carbonyl (C=O) groups is 4. The third-order valence-corrected chi connectivity index (χ3v) is 19.6. The van der Waals surface area contributed by atoms with Gasteiger partial charge in [-0.3, -0.25) is 37.3 Å². The first-order valence-electron chi connectivity index (χ1n) is 38.7. The van der Waals surface area contributed by atoms with E-state index in [-0.39, 0.29) is 25.7 Å². The molecule has 0 aromatic rings. The van der Waals surface area contributed by atoms with E-state index in [0.717, 1.165) is 114 Å². The number of rotatable bonds is 72. The summed E-state index contributed by atoms with van der Waals surface area (Å²) in [5.74, 6) is 0.901. The van der Waals surface area contributed by atoms with E-state index in [1.165, 1.54) is 173 Å². The lowest BCUT2D eigenvalue weighted by atomic mass is 9.99. The van der Waals surface area contributed by atoms with Crippen molar-refractivity contribution in [3.8, 4) is 0 Å². The Hall–Kier alpha value is -1.94. The molecule has 0 saturated carbocycles. The lowest BCUT2D eigenvalue weighted by Gasteiger charge is -2.21. The smallest absolute Gasteiger partial charge is 0.462 e. The predicted molar refractivity (Wildman–Crippen MR) is 381 cm³/mol. The van der Waals surface area contributed by atoms with E-state index in [0.29, 0.717) is 31.6 Å². The Morgan fingerprint density at radius 1 is 0.298 bits per heavy atom. The second kappa shape index (κ2) is 64.4. The molecule has 17 nitrogen and oxygen atoms in total. The van der Waals surface area contributed by atoms with Crippen molar-refractivity contribution in [2.24, 2.45) is 23.7 Å². The van der Waals surface area contributed by atoms with Crippen molar-refractivity contribution in [1.82, 2.24) is 0 Å². The summed E-state index contributed by atoms with van der Waals surface area (Å²) in [5, 5.41) is 10.6. The molecule has 0 aromatic heterocycles. The van der Waals surface area contributed by atoms with Gasteiger partial charge in [-0.25, -0.2) is 9.13 Å². The SMILES string of the molecule is CCC(C)CCCCCCCCCCC(=O)O[C@H](COC(=O)CCCCCCCCC(C)C)COP(=O)(O)OC[C@H](O)COP(=O)(O)OC[C@@H](COC(=O)CCCCCCCCCCCCCCCCCCC(C)C)OC(=O)CCCCCCCCCCCCCC(C)C. The normalized spacial score (nSPS) is 14.4. The molecule has 0 aromatic carbocycles. The summed E-state index contributed by atoms with van der Waals surface area (Å²) in [6, 6.07) is 0. The molecule has 558 valence electrons. The zero-order valence-electron chi connectivity index (χ0n) is 61.6. The van der Waals surface area contributed by atoms with Gasteiger partial charge in [-0.2, -0.15) is 0 Å². The summed E-state index contributed by atoms with van der Waals surface area (Å²) in [4.78, 5) is 72.7. The molecule has 94 heavy (non-hydrogen) atoms. The molecule has 0 radical (unpaired) electrons. The highest BCUT2D eigenvalue weighted by molar-refractivity contribution is 7.47. The minimum Gasteiger partial charge on any atom is -0.462 e. The third kappa shape index (κ3) is 67.3. The van der Waals surface area contributed by atoms with Crippen LogP contribution in [0.3, 0.4) is 0 Å². The van der Waals surface area contributed by atoms with Crippen molar-refractivity contribution in [1.29, 1.82) is 0 Å². The maximum absolute atomic E-state index is 13.1. The lowest BCUT2D eigenvalue weighted by molar-refractivity contribution is -0.161. The number of phosphoric acid groups is 2. The van der Waals surface area contributed by atoms with Crippen LogP contribution in [0.25, 0.3) is 0 Å². The molecular formula is C75H146O17P2. The minimum atomic E-state index is -4.96. The average Bonchev–Trinajstić information content (AvgIpc) is 1.67. The van der Waals surface area contributed by atoms with Gasteiger partial charge in [-0.15, -0.1) is 0 Å². The lowest BCUT2D eigenvalue weighted by Crippen LogP contribution is -2.30. The number of hydrogen-bond donors (Lipinski definition) is 3. The van der Waals surface area contributed by atoms with Gasteiger partial charge in [0, 0.05) is 25.7 Å². The molecule has 0 spiro atoms. The van der Waals surface area contributed by atoms with Crippen LogP contribution in [0.1, 0.15) is 376 Å². The molecule has 0 saturated heterocycles. The molecule has 0 rings (SSSR count). The van der Waals surface area contributed by atoms with Gasteiger partial charge in [0.25, 0.3) is 0 Å². The van der Waals surface area contributed by atoms with Crippen molar-refractivity contribution < 1.29 is 80.2 Å². The highest BCUT2D eigenvalue weighted by Gasteiger charge is 2.30. The van der Waals surface area contributed by atoms with Gasteiger partial charge in [0.2, 0.25) is 0 Å². The van der Waals surface area contributed by atoms with Gasteiger partial charge >= 0.3 is 39.5 Å². The van der Waals surface area contributed by atoms with Crippen molar-refractivity contribution in [2.45, 2.75) is 395 Å². The van der Waals surface area contributed by atoms with Gasteiger partial charge in [0.1, 0.15) is 19.3 Å². The van der Waals surface area contributed by atoms with Crippen molar-refractivity contribution >= 4 is 39.5 Å². The molecule has 6 atom stereocenters. The molecule has 19 heteroatoms. The minimum absolute atomic E-state index is 0.104. The number of hydrogen-bond acceptors (Lipinski definition) is 15. The molecule has 0 bridgehead atoms. The van der Waals surface area contributed by atoms with Crippen LogP contribution in [0.15, 0.2) is 0 Å². The Morgan fingerprint density at radius 2 is 0.511 bits per heavy atom. The van der Waals surface area contributed by atoms with Gasteiger partial charge < -0.3 is 33.8 Å². The summed E-state index contributed by atoms with van der Waals surface area (Å²) < 4.78 is 68.4. The van der Waals surface area contributed by atoms with Crippen LogP contribution >= 0.6 is 15.6 Å². The zero-order valence-corrected chi connectivity index (χ0v) is 63.4. The van der Waals surface area contributed by atoms with Gasteiger partial charge in [-0.1, -0.05) is 325 Å². The Labute approximate surface area is 575 Å². The zero-order chi connectivity index (χ0) is 69.6. The van der Waals surface area contributed by atoms with Crippen LogP contribution in [-0.4, -0.2) is 96.7 Å². The number of phosphoric ester groups is 2. The van der Waals surface area contributed by atoms with Crippen LogP contribution in [0, 0.1) is 23.7 Å². The second-order valence-electron chi connectivity index (χ2n) is 28.7. The maximum atomic E-state index is 13.1. The number of aliphatic hydroxyl groups excluding tert-OH is 1. The fourth-order valence-corrected chi connectivity index (χ4v) is 12.9. The predicted octanol–water partition coefficient (Wildman–Crippen LogP) is 21.7. The van der Waals surface area contributed by atoms with E-state index in [9.17, 15) is 43.2 Å². The van der Waals surface area contributed by atoms with Gasteiger partial charge in [-0.05, 0) is 49.4 Å². The quantitative estimate of drug-likeness (QED) is 0.0222. The first kappa shape index (κ1) is 92.1. The van der Waals surface area contributed by atoms with Crippen LogP contribution < -0.4 is 0 Å². The highest BCUT2D eigenvalue weighted by atomic mass is 31.2. The molecule has 3 unspecified atom stereocenters. The monoisotopic (exact) mass is 1380 g/mol. The maximum Gasteiger partial charge on any atom is 0.472 e. The number of aliphatic hydroxyl groups is 1. The first-order chi connectivity index (χ1) is 45.1. The molecule has 0 heterocycles. The fourth-order valence-electron chi connectivity index (χ4n) is 11.3. The van der Waals surface area contributed by atoms with E-state index in [4.69, 9.17) is 37.0 Å². The fraction of sp³-hybridized carbons (Fsp3) is 0.947. The Bertz CT molecular complexity index is 1850. The summed E-state index contributed by atoms with van der Waals surface area (Å²) in [6.07, 6.45) is 48.7. The van der Waals surface area contributed by atoms with Gasteiger partial charge in [0.15, 0.2) is 12.2 Å². The standard InChI is InChI=1S/C75H146O17P2/c1-9-68(8)54-46-38-29-25-26-32-42-50-58-75(80)92-71(62-86-73(78)56-48-40-34-33-37-45-53-67(6)7)64-90-94(83,84)88-60-69(76)59-87-93(81,82)89-63-70(91-74(79)57-49-41-31-24-20-16-18-22-28-36-44-52-66(4)5)61-85-72(77)55-47-39-30-23-19-15-13-11-10-12-14-17-21-27-35-43-51-65(2)3/h65-71,76H,9-64H2,1-8H3,(H,81,82)(H,83,84)/t68?,69-,70-,71-/m1/s1. The summed E-state index contributed by atoms with van der Waals surface area (Å²) in [7, 11) is -9.91. The molecule has 0 aliphatic heterocycles. The summed E-state index contributed by atoms with van der Waals surface area (Å²) in [6.45, 7) is 14.1. The molecule has 0 aliphatic carbocycles. The van der Waals surface area contributed by atoms with Crippen LogP contribution in [0.5, 0.6) is 0 Å². The van der Waals surface area contributed by atoms with E-state index >= 15 is 0 Å². The Balaban J connectivity index is 5.22. The summed E-state index contributed by atoms with van der Waals surface area (Å²) in [5.41, 5.74) is 0.